The number of ether oxygens (including phenoxy) is 2. The summed E-state index contributed by atoms with van der Waals surface area (Å²) in [5.41, 5.74) is 12.5. The average molecular weight is 522 g/mol. The first-order valence-electron chi connectivity index (χ1n) is 12.0. The lowest BCUT2D eigenvalue weighted by molar-refractivity contribution is -0.139. The molecule has 1 unspecified atom stereocenters. The Bertz CT molecular complexity index is 1520. The van der Waals surface area contributed by atoms with Crippen molar-refractivity contribution >= 4 is 29.0 Å². The first kappa shape index (κ1) is 26.7. The van der Waals surface area contributed by atoms with Gasteiger partial charge in [0.25, 0.3) is 0 Å². The Morgan fingerprint density at radius 3 is 2.13 bits per heavy atom. The van der Waals surface area contributed by atoms with Crippen molar-refractivity contribution < 1.29 is 19.1 Å². The summed E-state index contributed by atoms with van der Waals surface area (Å²) in [6.45, 7) is 1.79. The topological polar surface area (TPSA) is 130 Å². The van der Waals surface area contributed by atoms with Gasteiger partial charge in [-0.05, 0) is 30.7 Å². The SMILES string of the molecule is COC(=O)C1=C(C(=O)OC)N(c2ccccc2C(C)=NNc2ccccc2)C(N)=C(C#N)C1c1ccccc1. The molecule has 0 aliphatic carbocycles. The monoisotopic (exact) mass is 521 g/mol. The molecule has 0 saturated heterocycles. The van der Waals surface area contributed by atoms with Crippen molar-refractivity contribution in [3.63, 3.8) is 0 Å². The normalized spacial score (nSPS) is 15.5. The third-order valence-electron chi connectivity index (χ3n) is 6.27. The highest BCUT2D eigenvalue weighted by molar-refractivity contribution is 6.09. The highest BCUT2D eigenvalue weighted by atomic mass is 16.5. The van der Waals surface area contributed by atoms with Crippen molar-refractivity contribution in [1.29, 1.82) is 5.26 Å². The number of nitrogens with zero attached hydrogens (tertiary/aromatic N) is 3. The number of nitrogens with one attached hydrogen (secondary N) is 1. The highest BCUT2D eigenvalue weighted by Crippen LogP contribution is 2.43. The number of nitriles is 1. The predicted molar refractivity (Wildman–Crippen MR) is 148 cm³/mol. The van der Waals surface area contributed by atoms with Crippen molar-refractivity contribution in [3.05, 3.63) is 119 Å². The molecule has 0 spiro atoms. The van der Waals surface area contributed by atoms with Crippen LogP contribution in [0.5, 0.6) is 0 Å². The van der Waals surface area contributed by atoms with Gasteiger partial charge in [-0.3, -0.25) is 10.3 Å². The summed E-state index contributed by atoms with van der Waals surface area (Å²) < 4.78 is 10.2. The van der Waals surface area contributed by atoms with E-state index in [4.69, 9.17) is 15.2 Å². The average Bonchev–Trinajstić information content (AvgIpc) is 2.99. The molecule has 9 heteroatoms. The number of allylic oxidation sites excluding steroid dienone is 1. The largest absolute Gasteiger partial charge is 0.466 e. The van der Waals surface area contributed by atoms with Crippen molar-refractivity contribution in [1.82, 2.24) is 0 Å². The van der Waals surface area contributed by atoms with E-state index in [2.05, 4.69) is 16.6 Å². The van der Waals surface area contributed by atoms with E-state index in [1.807, 2.05) is 42.5 Å². The number of hydrazone groups is 1. The molecule has 3 aromatic rings. The summed E-state index contributed by atoms with van der Waals surface area (Å²) in [5, 5.41) is 14.8. The van der Waals surface area contributed by atoms with E-state index in [0.29, 0.717) is 22.5 Å². The number of methoxy groups -OCH3 is 2. The van der Waals surface area contributed by atoms with Gasteiger partial charge in [0.15, 0.2) is 0 Å². The number of carbonyl (C=O) groups is 2. The van der Waals surface area contributed by atoms with Crippen LogP contribution in [-0.4, -0.2) is 31.9 Å². The highest BCUT2D eigenvalue weighted by Gasteiger charge is 2.43. The molecule has 1 aliphatic rings. The summed E-state index contributed by atoms with van der Waals surface area (Å²) in [4.78, 5) is 28.0. The van der Waals surface area contributed by atoms with E-state index in [1.165, 1.54) is 19.1 Å². The van der Waals surface area contributed by atoms with E-state index >= 15 is 0 Å². The minimum Gasteiger partial charge on any atom is -0.466 e. The lowest BCUT2D eigenvalue weighted by atomic mass is 9.80. The maximum atomic E-state index is 13.4. The molecule has 9 nitrogen and oxygen atoms in total. The Labute approximate surface area is 226 Å². The molecule has 39 heavy (non-hydrogen) atoms. The van der Waals surface area contributed by atoms with E-state index in [0.717, 1.165) is 5.69 Å². The van der Waals surface area contributed by atoms with E-state index in [1.54, 1.807) is 49.4 Å². The first-order chi connectivity index (χ1) is 18.9. The summed E-state index contributed by atoms with van der Waals surface area (Å²) in [6, 6.07) is 27.5. The quantitative estimate of drug-likeness (QED) is 0.265. The van der Waals surface area contributed by atoms with Gasteiger partial charge in [-0.1, -0.05) is 66.7 Å². The number of benzene rings is 3. The van der Waals surface area contributed by atoms with Crippen LogP contribution in [0.2, 0.25) is 0 Å². The number of hydrogen-bond acceptors (Lipinski definition) is 9. The second-order valence-corrected chi connectivity index (χ2v) is 8.53. The molecule has 0 bridgehead atoms. The molecular formula is C30H27N5O4. The van der Waals surface area contributed by atoms with Gasteiger partial charge < -0.3 is 15.2 Å². The van der Waals surface area contributed by atoms with E-state index in [-0.39, 0.29) is 22.7 Å². The molecule has 196 valence electrons. The molecular weight excluding hydrogens is 494 g/mol. The van der Waals surface area contributed by atoms with Gasteiger partial charge in [0.2, 0.25) is 0 Å². The smallest absolute Gasteiger partial charge is 0.355 e. The molecule has 3 aromatic carbocycles. The van der Waals surface area contributed by atoms with Crippen LogP contribution >= 0.6 is 0 Å². The van der Waals surface area contributed by atoms with Crippen LogP contribution in [0.25, 0.3) is 0 Å². The van der Waals surface area contributed by atoms with Crippen LogP contribution in [0.4, 0.5) is 11.4 Å². The van der Waals surface area contributed by atoms with Gasteiger partial charge in [0, 0.05) is 5.56 Å². The zero-order chi connectivity index (χ0) is 27.9. The van der Waals surface area contributed by atoms with Crippen LogP contribution in [0.15, 0.2) is 113 Å². The van der Waals surface area contributed by atoms with Gasteiger partial charge in [-0.15, -0.1) is 0 Å². The van der Waals surface area contributed by atoms with E-state index in [9.17, 15) is 14.9 Å². The number of nitrogens with two attached hydrogens (primary N) is 1. The summed E-state index contributed by atoms with van der Waals surface area (Å²) in [5.74, 6) is -2.57. The third-order valence-corrected chi connectivity index (χ3v) is 6.27. The number of carbonyl (C=O) groups excluding carboxylic acids is 2. The molecule has 0 aromatic heterocycles. The van der Waals surface area contributed by atoms with Crippen molar-refractivity contribution in [2.24, 2.45) is 10.8 Å². The molecule has 0 amide bonds. The number of esters is 2. The van der Waals surface area contributed by atoms with Crippen molar-refractivity contribution in [3.8, 4) is 6.07 Å². The van der Waals surface area contributed by atoms with Gasteiger partial charge in [-0.25, -0.2) is 9.59 Å². The first-order valence-corrected chi connectivity index (χ1v) is 12.0. The Kier molecular flexibility index (Phi) is 8.07. The van der Waals surface area contributed by atoms with Gasteiger partial charge in [-0.2, -0.15) is 10.4 Å². The zero-order valence-corrected chi connectivity index (χ0v) is 21.7. The number of anilines is 2. The number of rotatable bonds is 7. The summed E-state index contributed by atoms with van der Waals surface area (Å²) in [7, 11) is 2.42. The lowest BCUT2D eigenvalue weighted by Crippen LogP contribution is -2.41. The Morgan fingerprint density at radius 1 is 0.923 bits per heavy atom. The van der Waals surface area contributed by atoms with E-state index < -0.39 is 17.9 Å². The Hall–Kier alpha value is -5.36. The van der Waals surface area contributed by atoms with Gasteiger partial charge in [0.1, 0.15) is 11.5 Å². The minimum atomic E-state index is -0.948. The zero-order valence-electron chi connectivity index (χ0n) is 21.7. The van der Waals surface area contributed by atoms with Crippen molar-refractivity contribution in [2.45, 2.75) is 12.8 Å². The molecule has 3 N–H and O–H groups in total. The Balaban J connectivity index is 1.97. The van der Waals surface area contributed by atoms with Crippen LogP contribution in [0.3, 0.4) is 0 Å². The lowest BCUT2D eigenvalue weighted by Gasteiger charge is -2.36. The maximum absolute atomic E-state index is 13.4. The fourth-order valence-corrected chi connectivity index (χ4v) is 4.46. The van der Waals surface area contributed by atoms with Crippen LogP contribution in [-0.2, 0) is 19.1 Å². The maximum Gasteiger partial charge on any atom is 0.355 e. The fourth-order valence-electron chi connectivity index (χ4n) is 4.46. The molecule has 1 aliphatic heterocycles. The molecule has 1 atom stereocenters. The number of hydrogen-bond donors (Lipinski definition) is 2. The summed E-state index contributed by atoms with van der Waals surface area (Å²) in [6.07, 6.45) is 0. The molecule has 0 fully saturated rings. The van der Waals surface area contributed by atoms with Crippen molar-refractivity contribution in [2.75, 3.05) is 24.5 Å². The third kappa shape index (κ3) is 5.22. The molecule has 1 heterocycles. The van der Waals surface area contributed by atoms with Crippen LogP contribution in [0.1, 0.15) is 24.0 Å². The van der Waals surface area contributed by atoms with Crippen LogP contribution < -0.4 is 16.1 Å². The molecule has 0 saturated carbocycles. The number of para-hydroxylation sites is 2. The second kappa shape index (κ2) is 11.8. The summed E-state index contributed by atoms with van der Waals surface area (Å²) >= 11 is 0. The van der Waals surface area contributed by atoms with Gasteiger partial charge >= 0.3 is 11.9 Å². The molecule has 4 rings (SSSR count). The minimum absolute atomic E-state index is 0.0179. The fraction of sp³-hybridized carbons (Fsp3) is 0.133. The second-order valence-electron chi connectivity index (χ2n) is 8.53. The Morgan fingerprint density at radius 2 is 1.51 bits per heavy atom. The van der Waals surface area contributed by atoms with Crippen LogP contribution in [0, 0.1) is 11.3 Å². The predicted octanol–water partition coefficient (Wildman–Crippen LogP) is 4.42. The molecule has 0 radical (unpaired) electrons. The van der Waals surface area contributed by atoms with Gasteiger partial charge in [0.05, 0.1) is 54.4 Å². The standard InChI is InChI=1S/C30H27N5O4/c1-19(33-34-21-14-8-5-9-15-21)22-16-10-11-17-24(22)35-27(30(37)39-3)26(29(36)38-2)25(23(18-31)28(35)32)20-12-6-4-7-13-20/h4-17,25,34H,32H2,1-3H3.